The van der Waals surface area contributed by atoms with E-state index in [0.29, 0.717) is 6.04 Å². The molecule has 1 fully saturated rings. The molecule has 0 bridgehead atoms. The van der Waals surface area contributed by atoms with Crippen molar-refractivity contribution in [1.29, 1.82) is 0 Å². The Kier molecular flexibility index (Phi) is 5.26. The summed E-state index contributed by atoms with van der Waals surface area (Å²) >= 11 is 0. The van der Waals surface area contributed by atoms with E-state index in [1.807, 2.05) is 0 Å². The lowest BCUT2D eigenvalue weighted by Gasteiger charge is -2.29. The predicted molar refractivity (Wildman–Crippen MR) is 88.1 cm³/mol. The molecule has 0 aliphatic heterocycles. The molecule has 1 nitrogen and oxygen atoms in total. The third kappa shape index (κ3) is 3.85. The molecule has 1 aliphatic rings. The second-order valence-electron chi connectivity index (χ2n) is 7.33. The normalized spacial score (nSPS) is 18.4. The average Bonchev–Trinajstić information content (AvgIpc) is 2.90. The Morgan fingerprint density at radius 1 is 1.15 bits per heavy atom. The minimum Gasteiger partial charge on any atom is -0.310 e. The molecule has 1 aliphatic carbocycles. The monoisotopic (exact) mass is 273 g/mol. The predicted octanol–water partition coefficient (Wildman–Crippen LogP) is 5.22. The van der Waals surface area contributed by atoms with E-state index in [4.69, 9.17) is 0 Å². The first-order valence-electron chi connectivity index (χ1n) is 8.35. The van der Waals surface area contributed by atoms with Crippen LogP contribution < -0.4 is 5.32 Å². The first-order chi connectivity index (χ1) is 9.52. The van der Waals surface area contributed by atoms with E-state index in [2.05, 4.69) is 57.3 Å². The van der Waals surface area contributed by atoms with E-state index in [1.165, 1.54) is 43.2 Å². The fourth-order valence-corrected chi connectivity index (χ4v) is 3.63. The Bertz CT molecular complexity index is 410. The van der Waals surface area contributed by atoms with Gasteiger partial charge in [-0.15, -0.1) is 0 Å². The molecule has 20 heavy (non-hydrogen) atoms. The molecule has 1 atom stereocenters. The van der Waals surface area contributed by atoms with Crippen molar-refractivity contribution in [3.8, 4) is 0 Å². The lowest BCUT2D eigenvalue weighted by Crippen LogP contribution is -2.26. The number of nitrogens with one attached hydrogen (secondary N) is 1. The van der Waals surface area contributed by atoms with Crippen LogP contribution >= 0.6 is 0 Å². The van der Waals surface area contributed by atoms with Gasteiger partial charge >= 0.3 is 0 Å². The lowest BCUT2D eigenvalue weighted by atomic mass is 9.80. The van der Waals surface area contributed by atoms with Gasteiger partial charge in [0.2, 0.25) is 0 Å². The van der Waals surface area contributed by atoms with Crippen LogP contribution in [0.3, 0.4) is 0 Å². The summed E-state index contributed by atoms with van der Waals surface area (Å²) in [6, 6.07) is 9.56. The van der Waals surface area contributed by atoms with Crippen molar-refractivity contribution >= 4 is 0 Å². The van der Waals surface area contributed by atoms with Crippen LogP contribution in [0.5, 0.6) is 0 Å². The van der Waals surface area contributed by atoms with Crippen molar-refractivity contribution in [3.05, 3.63) is 35.4 Å². The van der Waals surface area contributed by atoms with Gasteiger partial charge < -0.3 is 5.32 Å². The third-order valence-corrected chi connectivity index (χ3v) is 4.64. The standard InChI is InChI=1S/C19H31N/c1-5-20-18(14-15-10-6-7-11-15)16-12-8-9-13-17(16)19(2,3)4/h8-9,12-13,15,18,20H,5-7,10-11,14H2,1-4H3. The zero-order chi connectivity index (χ0) is 14.6. The van der Waals surface area contributed by atoms with Crippen LogP contribution in [0.15, 0.2) is 24.3 Å². The molecule has 1 N–H and O–H groups in total. The maximum absolute atomic E-state index is 3.74. The molecule has 1 heteroatoms. The highest BCUT2D eigenvalue weighted by atomic mass is 14.9. The van der Waals surface area contributed by atoms with Gasteiger partial charge in [0.1, 0.15) is 0 Å². The molecule has 1 saturated carbocycles. The molecular weight excluding hydrogens is 242 g/mol. The number of benzene rings is 1. The van der Waals surface area contributed by atoms with Gasteiger partial charge in [-0.2, -0.15) is 0 Å². The van der Waals surface area contributed by atoms with Crippen molar-refractivity contribution in [3.63, 3.8) is 0 Å². The van der Waals surface area contributed by atoms with Crippen LogP contribution in [0.4, 0.5) is 0 Å². The average molecular weight is 273 g/mol. The summed E-state index contributed by atoms with van der Waals surface area (Å²) < 4.78 is 0. The molecule has 0 spiro atoms. The number of rotatable bonds is 5. The molecule has 1 aromatic carbocycles. The first-order valence-corrected chi connectivity index (χ1v) is 8.35. The van der Waals surface area contributed by atoms with Gasteiger partial charge in [-0.25, -0.2) is 0 Å². The maximum Gasteiger partial charge on any atom is 0.0325 e. The molecule has 0 radical (unpaired) electrons. The van der Waals surface area contributed by atoms with E-state index in [1.54, 1.807) is 0 Å². The summed E-state index contributed by atoms with van der Waals surface area (Å²) in [5.74, 6) is 0.923. The summed E-state index contributed by atoms with van der Waals surface area (Å²) in [4.78, 5) is 0. The minimum atomic E-state index is 0.222. The molecule has 0 amide bonds. The SMILES string of the molecule is CCNC(CC1CCCC1)c1ccccc1C(C)(C)C. The van der Waals surface area contributed by atoms with Gasteiger partial charge in [0.15, 0.2) is 0 Å². The van der Waals surface area contributed by atoms with Crippen LogP contribution in [0.1, 0.15) is 77.0 Å². The molecule has 2 rings (SSSR count). The lowest BCUT2D eigenvalue weighted by molar-refractivity contribution is 0.395. The Balaban J connectivity index is 2.24. The van der Waals surface area contributed by atoms with Gasteiger partial charge in [-0.05, 0) is 35.4 Å². The molecule has 1 aromatic rings. The summed E-state index contributed by atoms with van der Waals surface area (Å²) in [7, 11) is 0. The van der Waals surface area contributed by atoms with Crippen LogP contribution in [-0.4, -0.2) is 6.54 Å². The second-order valence-corrected chi connectivity index (χ2v) is 7.33. The molecule has 0 heterocycles. The van der Waals surface area contributed by atoms with Crippen LogP contribution in [-0.2, 0) is 5.41 Å². The van der Waals surface area contributed by atoms with Gasteiger partial charge in [-0.3, -0.25) is 0 Å². The van der Waals surface area contributed by atoms with E-state index < -0.39 is 0 Å². The van der Waals surface area contributed by atoms with Gasteiger partial charge in [0.05, 0.1) is 0 Å². The fraction of sp³-hybridized carbons (Fsp3) is 0.684. The largest absolute Gasteiger partial charge is 0.310 e. The third-order valence-electron chi connectivity index (χ3n) is 4.64. The summed E-state index contributed by atoms with van der Waals surface area (Å²) in [6.45, 7) is 10.2. The van der Waals surface area contributed by atoms with Gasteiger partial charge in [-0.1, -0.05) is 77.6 Å². The van der Waals surface area contributed by atoms with Crippen molar-refractivity contribution in [2.45, 2.75) is 71.3 Å². The van der Waals surface area contributed by atoms with E-state index in [0.717, 1.165) is 12.5 Å². The first kappa shape index (κ1) is 15.6. The topological polar surface area (TPSA) is 12.0 Å². The quantitative estimate of drug-likeness (QED) is 0.776. The Labute approximate surface area is 125 Å². The van der Waals surface area contributed by atoms with Crippen molar-refractivity contribution < 1.29 is 0 Å². The molecule has 0 saturated heterocycles. The fourth-order valence-electron chi connectivity index (χ4n) is 3.63. The number of hydrogen-bond donors (Lipinski definition) is 1. The summed E-state index contributed by atoms with van der Waals surface area (Å²) in [6.07, 6.45) is 7.04. The van der Waals surface area contributed by atoms with Crippen LogP contribution in [0.25, 0.3) is 0 Å². The summed E-state index contributed by atoms with van der Waals surface area (Å²) in [5, 5.41) is 3.74. The highest BCUT2D eigenvalue weighted by Crippen LogP contribution is 2.36. The maximum atomic E-state index is 3.74. The van der Waals surface area contributed by atoms with E-state index in [-0.39, 0.29) is 5.41 Å². The summed E-state index contributed by atoms with van der Waals surface area (Å²) in [5.41, 5.74) is 3.25. The van der Waals surface area contributed by atoms with Crippen LogP contribution in [0, 0.1) is 5.92 Å². The van der Waals surface area contributed by atoms with Gasteiger partial charge in [0, 0.05) is 6.04 Å². The smallest absolute Gasteiger partial charge is 0.0325 e. The molecule has 0 aromatic heterocycles. The highest BCUT2D eigenvalue weighted by Gasteiger charge is 2.25. The Morgan fingerprint density at radius 3 is 2.40 bits per heavy atom. The van der Waals surface area contributed by atoms with E-state index in [9.17, 15) is 0 Å². The molecule has 1 unspecified atom stereocenters. The zero-order valence-electron chi connectivity index (χ0n) is 13.7. The molecular formula is C19H31N. The van der Waals surface area contributed by atoms with Crippen molar-refractivity contribution in [1.82, 2.24) is 5.32 Å². The second kappa shape index (κ2) is 6.76. The molecule has 112 valence electrons. The van der Waals surface area contributed by atoms with Crippen molar-refractivity contribution in [2.75, 3.05) is 6.54 Å². The number of hydrogen-bond acceptors (Lipinski definition) is 1. The Hall–Kier alpha value is -0.820. The highest BCUT2D eigenvalue weighted by molar-refractivity contribution is 5.35. The minimum absolute atomic E-state index is 0.222. The van der Waals surface area contributed by atoms with Crippen molar-refractivity contribution in [2.24, 2.45) is 5.92 Å². The zero-order valence-corrected chi connectivity index (χ0v) is 13.7. The van der Waals surface area contributed by atoms with E-state index >= 15 is 0 Å². The van der Waals surface area contributed by atoms with Crippen LogP contribution in [0.2, 0.25) is 0 Å². The van der Waals surface area contributed by atoms with Gasteiger partial charge in [0.25, 0.3) is 0 Å². The Morgan fingerprint density at radius 2 is 1.80 bits per heavy atom.